The molecule has 0 radical (unpaired) electrons. The zero-order valence-electron chi connectivity index (χ0n) is 9.40. The Bertz CT molecular complexity index is 344. The molecule has 15 heavy (non-hydrogen) atoms. The molecule has 1 heterocycles. The third-order valence-electron chi connectivity index (χ3n) is 2.29. The molecule has 1 aromatic rings. The minimum atomic E-state index is -0.998. The minimum absolute atomic E-state index is 0.0845. The van der Waals surface area contributed by atoms with Crippen molar-refractivity contribution in [3.8, 4) is 0 Å². The number of carboxylic acid groups (broad SMARTS) is 1. The van der Waals surface area contributed by atoms with Gasteiger partial charge in [0, 0.05) is 6.54 Å². The van der Waals surface area contributed by atoms with Crippen LogP contribution in [0.5, 0.6) is 0 Å². The average Bonchev–Trinajstić information content (AvgIpc) is 2.57. The van der Waals surface area contributed by atoms with E-state index in [1.54, 1.807) is 4.68 Å². The standard InChI is InChI=1S/C10H17N3O2/c1-4-8-9(10(14)15)11-12-13(8)6-5-7(2)3/h7H,4-6H2,1-3H3,(H,14,15). The van der Waals surface area contributed by atoms with Gasteiger partial charge in [-0.25, -0.2) is 9.48 Å². The van der Waals surface area contributed by atoms with E-state index in [4.69, 9.17) is 5.11 Å². The van der Waals surface area contributed by atoms with Crippen LogP contribution in [0.25, 0.3) is 0 Å². The van der Waals surface area contributed by atoms with Gasteiger partial charge >= 0.3 is 5.97 Å². The van der Waals surface area contributed by atoms with E-state index in [2.05, 4.69) is 24.2 Å². The van der Waals surface area contributed by atoms with Crippen molar-refractivity contribution in [2.24, 2.45) is 5.92 Å². The second-order valence-electron chi connectivity index (χ2n) is 3.95. The number of hydrogen-bond acceptors (Lipinski definition) is 3. The monoisotopic (exact) mass is 211 g/mol. The van der Waals surface area contributed by atoms with Crippen LogP contribution in [0.15, 0.2) is 0 Å². The predicted molar refractivity (Wildman–Crippen MR) is 55.8 cm³/mol. The summed E-state index contributed by atoms with van der Waals surface area (Å²) in [5.74, 6) is -0.421. The van der Waals surface area contributed by atoms with Crippen LogP contribution in [-0.2, 0) is 13.0 Å². The number of rotatable bonds is 5. The molecule has 0 atom stereocenters. The highest BCUT2D eigenvalue weighted by atomic mass is 16.4. The highest BCUT2D eigenvalue weighted by Gasteiger charge is 2.16. The molecule has 0 bridgehead atoms. The summed E-state index contributed by atoms with van der Waals surface area (Å²) >= 11 is 0. The lowest BCUT2D eigenvalue weighted by Crippen LogP contribution is -2.09. The van der Waals surface area contributed by atoms with Crippen LogP contribution in [-0.4, -0.2) is 26.1 Å². The molecule has 84 valence electrons. The first kappa shape index (κ1) is 11.7. The number of aromatic nitrogens is 3. The fourth-order valence-corrected chi connectivity index (χ4v) is 1.41. The molecule has 0 aliphatic carbocycles. The van der Waals surface area contributed by atoms with E-state index in [-0.39, 0.29) is 5.69 Å². The maximum Gasteiger partial charge on any atom is 0.358 e. The maximum atomic E-state index is 10.8. The number of nitrogens with zero attached hydrogens (tertiary/aromatic N) is 3. The molecule has 1 rings (SSSR count). The van der Waals surface area contributed by atoms with Gasteiger partial charge in [-0.1, -0.05) is 26.0 Å². The molecule has 1 N–H and O–H groups in total. The molecule has 0 aliphatic heterocycles. The van der Waals surface area contributed by atoms with Gasteiger partial charge in [-0.2, -0.15) is 0 Å². The topological polar surface area (TPSA) is 68.0 Å². The number of hydrogen-bond donors (Lipinski definition) is 1. The van der Waals surface area contributed by atoms with Crippen molar-refractivity contribution < 1.29 is 9.90 Å². The van der Waals surface area contributed by atoms with Crippen molar-refractivity contribution in [2.45, 2.75) is 40.2 Å². The Kier molecular flexibility index (Phi) is 3.82. The summed E-state index contributed by atoms with van der Waals surface area (Å²) in [7, 11) is 0. The zero-order chi connectivity index (χ0) is 11.4. The second-order valence-corrected chi connectivity index (χ2v) is 3.95. The van der Waals surface area contributed by atoms with Gasteiger partial charge in [-0.15, -0.1) is 5.10 Å². The second kappa shape index (κ2) is 4.91. The molecular formula is C10H17N3O2. The van der Waals surface area contributed by atoms with Gasteiger partial charge in [0.05, 0.1) is 5.69 Å². The predicted octanol–water partition coefficient (Wildman–Crippen LogP) is 1.58. The first-order valence-corrected chi connectivity index (χ1v) is 5.21. The van der Waals surface area contributed by atoms with Crippen molar-refractivity contribution >= 4 is 5.97 Å². The molecule has 5 heteroatoms. The normalized spacial score (nSPS) is 10.9. The van der Waals surface area contributed by atoms with Gasteiger partial charge in [0.15, 0.2) is 5.69 Å². The van der Waals surface area contributed by atoms with Gasteiger partial charge in [0.25, 0.3) is 0 Å². The molecule has 0 aromatic carbocycles. The number of aryl methyl sites for hydroxylation is 1. The lowest BCUT2D eigenvalue weighted by atomic mass is 10.1. The van der Waals surface area contributed by atoms with E-state index in [0.717, 1.165) is 13.0 Å². The fourth-order valence-electron chi connectivity index (χ4n) is 1.41. The molecule has 0 fully saturated rings. The summed E-state index contributed by atoms with van der Waals surface area (Å²) in [6.07, 6.45) is 1.63. The average molecular weight is 211 g/mol. The SMILES string of the molecule is CCc1c(C(=O)O)nnn1CCC(C)C. The van der Waals surface area contributed by atoms with Crippen molar-refractivity contribution in [2.75, 3.05) is 0 Å². The molecular weight excluding hydrogens is 194 g/mol. The van der Waals surface area contributed by atoms with E-state index in [9.17, 15) is 4.79 Å². The Morgan fingerprint density at radius 2 is 2.20 bits per heavy atom. The highest BCUT2D eigenvalue weighted by Crippen LogP contribution is 2.09. The Hall–Kier alpha value is -1.39. The number of aromatic carboxylic acids is 1. The Balaban J connectivity index is 2.84. The minimum Gasteiger partial charge on any atom is -0.476 e. The van der Waals surface area contributed by atoms with Gasteiger partial charge < -0.3 is 5.11 Å². The van der Waals surface area contributed by atoms with Crippen molar-refractivity contribution in [3.05, 3.63) is 11.4 Å². The third-order valence-corrected chi connectivity index (χ3v) is 2.29. The van der Waals surface area contributed by atoms with Crippen LogP contribution in [0.1, 0.15) is 43.4 Å². The number of carboxylic acids is 1. The zero-order valence-corrected chi connectivity index (χ0v) is 9.40. The Morgan fingerprint density at radius 1 is 1.53 bits per heavy atom. The molecule has 0 saturated carbocycles. The first-order valence-electron chi connectivity index (χ1n) is 5.21. The fraction of sp³-hybridized carbons (Fsp3) is 0.700. The smallest absolute Gasteiger partial charge is 0.358 e. The summed E-state index contributed by atoms with van der Waals surface area (Å²) in [6, 6.07) is 0. The van der Waals surface area contributed by atoms with E-state index >= 15 is 0 Å². The lowest BCUT2D eigenvalue weighted by Gasteiger charge is -2.06. The van der Waals surface area contributed by atoms with Gasteiger partial charge in [-0.3, -0.25) is 0 Å². The van der Waals surface area contributed by atoms with Crippen molar-refractivity contribution in [1.29, 1.82) is 0 Å². The van der Waals surface area contributed by atoms with Crippen LogP contribution in [0.3, 0.4) is 0 Å². The highest BCUT2D eigenvalue weighted by molar-refractivity contribution is 5.86. The first-order chi connectivity index (χ1) is 7.06. The number of carbonyl (C=O) groups is 1. The summed E-state index contributed by atoms with van der Waals surface area (Å²) in [4.78, 5) is 10.8. The summed E-state index contributed by atoms with van der Waals surface area (Å²) < 4.78 is 1.70. The van der Waals surface area contributed by atoms with E-state index < -0.39 is 5.97 Å². The van der Waals surface area contributed by atoms with Crippen LogP contribution in [0.4, 0.5) is 0 Å². The van der Waals surface area contributed by atoms with E-state index in [1.165, 1.54) is 0 Å². The van der Waals surface area contributed by atoms with Gasteiger partial charge in [0.1, 0.15) is 0 Å². The Morgan fingerprint density at radius 3 is 2.67 bits per heavy atom. The van der Waals surface area contributed by atoms with Crippen LogP contribution in [0.2, 0.25) is 0 Å². The van der Waals surface area contributed by atoms with Crippen LogP contribution < -0.4 is 0 Å². The molecule has 0 aliphatic rings. The largest absolute Gasteiger partial charge is 0.476 e. The molecule has 0 spiro atoms. The quantitative estimate of drug-likeness (QED) is 0.803. The molecule has 1 aromatic heterocycles. The molecule has 0 saturated heterocycles. The summed E-state index contributed by atoms with van der Waals surface area (Å²) in [6.45, 7) is 6.90. The van der Waals surface area contributed by atoms with Crippen molar-refractivity contribution in [3.63, 3.8) is 0 Å². The van der Waals surface area contributed by atoms with Crippen LogP contribution in [0, 0.1) is 5.92 Å². The van der Waals surface area contributed by atoms with Crippen molar-refractivity contribution in [1.82, 2.24) is 15.0 Å². The van der Waals surface area contributed by atoms with E-state index in [1.807, 2.05) is 6.92 Å². The van der Waals surface area contributed by atoms with Gasteiger partial charge in [-0.05, 0) is 18.8 Å². The maximum absolute atomic E-state index is 10.8. The molecule has 5 nitrogen and oxygen atoms in total. The molecule has 0 unspecified atom stereocenters. The Labute approximate surface area is 89.1 Å². The van der Waals surface area contributed by atoms with Crippen LogP contribution >= 0.6 is 0 Å². The van der Waals surface area contributed by atoms with Gasteiger partial charge in [0.2, 0.25) is 0 Å². The third kappa shape index (κ3) is 2.78. The van der Waals surface area contributed by atoms with E-state index in [0.29, 0.717) is 18.0 Å². The summed E-state index contributed by atoms with van der Waals surface area (Å²) in [5.41, 5.74) is 0.796. The molecule has 0 amide bonds. The lowest BCUT2D eigenvalue weighted by molar-refractivity contribution is 0.0689. The summed E-state index contributed by atoms with van der Waals surface area (Å²) in [5, 5.41) is 16.4.